The minimum Gasteiger partial charge on any atom is -0.508 e. The van der Waals surface area contributed by atoms with Crippen LogP contribution < -0.4 is 0 Å². The van der Waals surface area contributed by atoms with Gasteiger partial charge in [0.05, 0.1) is 4.91 Å². The average molecular weight is 366 g/mol. The predicted octanol–water partition coefficient (Wildman–Crippen LogP) is 4.20. The van der Waals surface area contributed by atoms with Crippen molar-refractivity contribution in [2.24, 2.45) is 4.99 Å². The quantitative estimate of drug-likeness (QED) is 0.628. The maximum atomic E-state index is 12.7. The van der Waals surface area contributed by atoms with Gasteiger partial charge in [-0.25, -0.2) is 4.99 Å². The van der Waals surface area contributed by atoms with Crippen molar-refractivity contribution in [3.8, 4) is 11.5 Å². The van der Waals surface area contributed by atoms with Crippen molar-refractivity contribution in [3.63, 3.8) is 0 Å². The van der Waals surface area contributed by atoms with Crippen LogP contribution in [0.4, 0.5) is 5.69 Å². The molecule has 0 aliphatic carbocycles. The van der Waals surface area contributed by atoms with Gasteiger partial charge in [0.15, 0.2) is 5.17 Å². The van der Waals surface area contributed by atoms with Gasteiger partial charge < -0.3 is 10.2 Å². The first-order valence-corrected chi connectivity index (χ1v) is 8.79. The minimum absolute atomic E-state index is 0.0695. The number of amidine groups is 1. The molecule has 1 amide bonds. The molecule has 0 unspecified atom stereocenters. The number of phenolic OH excluding ortho intramolecular Hbond substituents is 2. The molecule has 132 valence electrons. The van der Waals surface area contributed by atoms with Crippen molar-refractivity contribution in [1.82, 2.24) is 4.90 Å². The second-order valence-electron chi connectivity index (χ2n) is 5.79. The molecule has 0 spiro atoms. The van der Waals surface area contributed by atoms with E-state index in [1.165, 1.54) is 16.7 Å². The monoisotopic (exact) mass is 366 g/mol. The van der Waals surface area contributed by atoms with E-state index in [0.29, 0.717) is 22.3 Å². The number of aryl methyl sites for hydroxylation is 1. The topological polar surface area (TPSA) is 73.1 Å². The molecular formula is C20H18N2O3S. The molecular weight excluding hydrogens is 348 g/mol. The van der Waals surface area contributed by atoms with E-state index in [2.05, 4.69) is 11.6 Å². The summed E-state index contributed by atoms with van der Waals surface area (Å²) in [6, 6.07) is 11.8. The summed E-state index contributed by atoms with van der Waals surface area (Å²) in [5.74, 6) is 0.0660. The van der Waals surface area contributed by atoms with Gasteiger partial charge in [-0.2, -0.15) is 0 Å². The fourth-order valence-electron chi connectivity index (χ4n) is 2.43. The average Bonchev–Trinajstić information content (AvgIpc) is 2.89. The molecule has 1 heterocycles. The molecule has 0 atom stereocenters. The Balaban J connectivity index is 1.97. The third-order valence-corrected chi connectivity index (χ3v) is 4.74. The summed E-state index contributed by atoms with van der Waals surface area (Å²) in [5.41, 5.74) is 2.14. The first-order chi connectivity index (χ1) is 12.5. The number of nitrogens with zero attached hydrogens (tertiary/aromatic N) is 2. The van der Waals surface area contributed by atoms with E-state index in [0.717, 1.165) is 11.1 Å². The van der Waals surface area contributed by atoms with Crippen LogP contribution in [0, 0.1) is 6.92 Å². The summed E-state index contributed by atoms with van der Waals surface area (Å²) >= 11 is 1.24. The van der Waals surface area contributed by atoms with E-state index < -0.39 is 0 Å². The van der Waals surface area contributed by atoms with Crippen molar-refractivity contribution in [2.45, 2.75) is 6.92 Å². The van der Waals surface area contributed by atoms with Crippen LogP contribution in [0.25, 0.3) is 6.08 Å². The predicted molar refractivity (Wildman–Crippen MR) is 106 cm³/mol. The summed E-state index contributed by atoms with van der Waals surface area (Å²) < 4.78 is 0. The Morgan fingerprint density at radius 2 is 1.92 bits per heavy atom. The Kier molecular flexibility index (Phi) is 5.14. The fraction of sp³-hybridized carbons (Fsp3) is 0.100. The third-order valence-electron chi connectivity index (χ3n) is 3.74. The molecule has 0 aromatic heterocycles. The van der Waals surface area contributed by atoms with Crippen LogP contribution in [0.5, 0.6) is 11.5 Å². The van der Waals surface area contributed by atoms with E-state index in [1.54, 1.807) is 48.6 Å². The molecule has 2 aromatic carbocycles. The number of aliphatic imine (C=N–C) groups is 1. The standard InChI is InChI=1S/C20H18N2O3S/c1-3-10-22-19(25)18(12-14-5-7-15(23)8-6-14)26-20(22)21-16-9-4-13(2)11-17(16)24/h3-9,11-12,23-24H,1,10H2,2H3/b18-12-,21-20?. The van der Waals surface area contributed by atoms with Gasteiger partial charge in [-0.3, -0.25) is 9.69 Å². The highest BCUT2D eigenvalue weighted by Gasteiger charge is 2.32. The van der Waals surface area contributed by atoms with Crippen LogP contribution in [0.15, 0.2) is 65.0 Å². The molecule has 3 rings (SSSR count). The zero-order chi connectivity index (χ0) is 18.7. The maximum absolute atomic E-state index is 12.7. The Morgan fingerprint density at radius 3 is 2.58 bits per heavy atom. The summed E-state index contributed by atoms with van der Waals surface area (Å²) in [6.45, 7) is 5.90. The largest absolute Gasteiger partial charge is 0.508 e. The lowest BCUT2D eigenvalue weighted by Gasteiger charge is -2.12. The smallest absolute Gasteiger partial charge is 0.267 e. The number of thioether (sulfide) groups is 1. The van der Waals surface area contributed by atoms with E-state index in [9.17, 15) is 15.0 Å². The zero-order valence-corrected chi connectivity index (χ0v) is 15.0. The Hall–Kier alpha value is -2.99. The normalized spacial score (nSPS) is 17.3. The molecule has 1 fully saturated rings. The van der Waals surface area contributed by atoms with Gasteiger partial charge in [-0.05, 0) is 60.2 Å². The lowest BCUT2D eigenvalue weighted by atomic mass is 10.2. The fourth-order valence-corrected chi connectivity index (χ4v) is 3.44. The molecule has 0 saturated carbocycles. The van der Waals surface area contributed by atoms with E-state index in [1.807, 2.05) is 13.0 Å². The van der Waals surface area contributed by atoms with Crippen LogP contribution >= 0.6 is 11.8 Å². The maximum Gasteiger partial charge on any atom is 0.267 e. The number of hydrogen-bond acceptors (Lipinski definition) is 5. The van der Waals surface area contributed by atoms with Crippen LogP contribution in [0.2, 0.25) is 0 Å². The minimum atomic E-state index is -0.173. The van der Waals surface area contributed by atoms with E-state index in [4.69, 9.17) is 0 Å². The molecule has 2 N–H and O–H groups in total. The van der Waals surface area contributed by atoms with Crippen LogP contribution in [0.3, 0.4) is 0 Å². The number of benzene rings is 2. The molecule has 1 saturated heterocycles. The summed E-state index contributed by atoms with van der Waals surface area (Å²) in [4.78, 5) is 19.2. The summed E-state index contributed by atoms with van der Waals surface area (Å²) in [7, 11) is 0. The summed E-state index contributed by atoms with van der Waals surface area (Å²) in [6.07, 6.45) is 3.38. The lowest BCUT2D eigenvalue weighted by Crippen LogP contribution is -2.29. The van der Waals surface area contributed by atoms with Crippen molar-refractivity contribution < 1.29 is 15.0 Å². The molecule has 1 aliphatic heterocycles. The third kappa shape index (κ3) is 3.81. The van der Waals surface area contributed by atoms with Gasteiger partial charge in [0.2, 0.25) is 0 Å². The van der Waals surface area contributed by atoms with Gasteiger partial charge in [-0.1, -0.05) is 24.3 Å². The van der Waals surface area contributed by atoms with Gasteiger partial charge in [0, 0.05) is 6.54 Å². The highest BCUT2D eigenvalue weighted by atomic mass is 32.2. The number of carbonyl (C=O) groups is 1. The Bertz CT molecular complexity index is 917. The molecule has 6 heteroatoms. The first kappa shape index (κ1) is 17.8. The molecule has 26 heavy (non-hydrogen) atoms. The Labute approximate surface area is 156 Å². The number of amides is 1. The SMILES string of the molecule is C=CCN1C(=O)/C(=C/c2ccc(O)cc2)SC1=Nc1ccc(C)cc1O. The number of rotatable bonds is 4. The van der Waals surface area contributed by atoms with Gasteiger partial charge in [0.25, 0.3) is 5.91 Å². The van der Waals surface area contributed by atoms with Gasteiger partial charge >= 0.3 is 0 Å². The van der Waals surface area contributed by atoms with Crippen molar-refractivity contribution in [1.29, 1.82) is 0 Å². The second-order valence-corrected chi connectivity index (χ2v) is 6.80. The highest BCUT2D eigenvalue weighted by Crippen LogP contribution is 2.36. The lowest BCUT2D eigenvalue weighted by molar-refractivity contribution is -0.121. The van der Waals surface area contributed by atoms with Crippen molar-refractivity contribution >= 4 is 34.6 Å². The molecule has 5 nitrogen and oxygen atoms in total. The van der Waals surface area contributed by atoms with E-state index >= 15 is 0 Å². The summed E-state index contributed by atoms with van der Waals surface area (Å²) in [5, 5.41) is 19.9. The van der Waals surface area contributed by atoms with Crippen molar-refractivity contribution in [2.75, 3.05) is 6.54 Å². The van der Waals surface area contributed by atoms with E-state index in [-0.39, 0.29) is 17.4 Å². The highest BCUT2D eigenvalue weighted by molar-refractivity contribution is 8.18. The van der Waals surface area contributed by atoms with Crippen LogP contribution in [0.1, 0.15) is 11.1 Å². The number of carbonyl (C=O) groups excluding carboxylic acids is 1. The van der Waals surface area contributed by atoms with Gasteiger partial charge in [0.1, 0.15) is 17.2 Å². The van der Waals surface area contributed by atoms with Crippen LogP contribution in [-0.4, -0.2) is 32.7 Å². The Morgan fingerprint density at radius 1 is 1.19 bits per heavy atom. The number of phenols is 2. The number of aromatic hydroxyl groups is 2. The van der Waals surface area contributed by atoms with Gasteiger partial charge in [-0.15, -0.1) is 6.58 Å². The molecule has 1 aliphatic rings. The number of hydrogen-bond donors (Lipinski definition) is 2. The molecule has 0 bridgehead atoms. The van der Waals surface area contributed by atoms with Crippen LogP contribution in [-0.2, 0) is 4.79 Å². The second kappa shape index (κ2) is 7.49. The van der Waals surface area contributed by atoms with Crippen molar-refractivity contribution in [3.05, 3.63) is 71.2 Å². The first-order valence-electron chi connectivity index (χ1n) is 7.97. The zero-order valence-electron chi connectivity index (χ0n) is 14.2. The molecule has 2 aromatic rings. The molecule has 0 radical (unpaired) electrons.